The molecule has 1 aromatic heterocycles. The molecular weight excluding hydrogens is 258 g/mol. The van der Waals surface area contributed by atoms with Crippen LogP contribution in [0.25, 0.3) is 0 Å². The average Bonchev–Trinajstić information content (AvgIpc) is 3.11. The molecule has 108 valence electrons. The zero-order valence-corrected chi connectivity index (χ0v) is 11.4. The van der Waals surface area contributed by atoms with Crippen LogP contribution >= 0.6 is 0 Å². The number of ether oxygens (including phenoxy) is 1. The molecule has 2 heterocycles. The molecule has 2 aliphatic rings. The van der Waals surface area contributed by atoms with Gasteiger partial charge in [0.15, 0.2) is 5.82 Å². The fraction of sp³-hybridized carbons (Fsp3) is 0.643. The lowest BCUT2D eigenvalue weighted by molar-refractivity contribution is -0.137. The summed E-state index contributed by atoms with van der Waals surface area (Å²) in [5.41, 5.74) is 1.35. The number of allylic oxidation sites excluding steroid dienone is 2. The maximum atomic E-state index is 11.0. The van der Waals surface area contributed by atoms with Gasteiger partial charge in [0.1, 0.15) is 12.4 Å². The van der Waals surface area contributed by atoms with Crippen LogP contribution in [0.1, 0.15) is 43.3 Å². The topological polar surface area (TPSA) is 77.2 Å². The normalized spacial score (nSPS) is 22.2. The van der Waals surface area contributed by atoms with Gasteiger partial charge in [-0.05, 0) is 25.7 Å². The van der Waals surface area contributed by atoms with E-state index in [1.807, 2.05) is 0 Å². The second kappa shape index (κ2) is 5.75. The summed E-state index contributed by atoms with van der Waals surface area (Å²) >= 11 is 0. The zero-order chi connectivity index (χ0) is 13.9. The lowest BCUT2D eigenvalue weighted by Gasteiger charge is -2.03. The molecule has 0 amide bonds. The van der Waals surface area contributed by atoms with Crippen LogP contribution in [0.3, 0.4) is 0 Å². The van der Waals surface area contributed by atoms with Crippen molar-refractivity contribution in [3.63, 3.8) is 0 Å². The first-order valence-electron chi connectivity index (χ1n) is 7.13. The van der Waals surface area contributed by atoms with Gasteiger partial charge in [-0.2, -0.15) is 5.10 Å². The summed E-state index contributed by atoms with van der Waals surface area (Å²) in [5.74, 6) is 0.826. The molecule has 0 spiro atoms. The van der Waals surface area contributed by atoms with Crippen LogP contribution in [0.4, 0.5) is 0 Å². The molecule has 0 radical (unpaired) electrons. The van der Waals surface area contributed by atoms with Crippen LogP contribution in [-0.4, -0.2) is 39.1 Å². The molecule has 1 fully saturated rings. The van der Waals surface area contributed by atoms with Gasteiger partial charge < -0.3 is 9.84 Å². The Kier molecular flexibility index (Phi) is 3.82. The van der Waals surface area contributed by atoms with E-state index in [9.17, 15) is 4.79 Å². The lowest BCUT2D eigenvalue weighted by Crippen LogP contribution is -2.14. The minimum atomic E-state index is -0.884. The highest BCUT2D eigenvalue weighted by Gasteiger charge is 2.24. The van der Waals surface area contributed by atoms with Crippen LogP contribution < -0.4 is 0 Å². The van der Waals surface area contributed by atoms with E-state index in [4.69, 9.17) is 9.84 Å². The molecule has 1 aromatic rings. The minimum absolute atomic E-state index is 0.122. The highest BCUT2D eigenvalue weighted by atomic mass is 16.5. The second-order valence-electron chi connectivity index (χ2n) is 5.43. The molecule has 0 unspecified atom stereocenters. The molecule has 20 heavy (non-hydrogen) atoms. The van der Waals surface area contributed by atoms with Gasteiger partial charge >= 0.3 is 5.97 Å². The third-order valence-corrected chi connectivity index (χ3v) is 3.86. The van der Waals surface area contributed by atoms with Crippen LogP contribution in [0.5, 0.6) is 0 Å². The number of carbonyl (C=O) groups is 1. The Morgan fingerprint density at radius 2 is 2.45 bits per heavy atom. The summed E-state index contributed by atoms with van der Waals surface area (Å²) in [6, 6.07) is 0. The maximum Gasteiger partial charge on any atom is 0.325 e. The Labute approximate surface area is 117 Å². The summed E-state index contributed by atoms with van der Waals surface area (Å²) < 4.78 is 6.90. The van der Waals surface area contributed by atoms with Crippen molar-refractivity contribution in [2.24, 2.45) is 0 Å². The molecule has 0 saturated carbocycles. The van der Waals surface area contributed by atoms with Crippen molar-refractivity contribution in [2.45, 2.75) is 44.6 Å². The monoisotopic (exact) mass is 277 g/mol. The number of aliphatic carboxylic acids is 1. The van der Waals surface area contributed by atoms with Gasteiger partial charge in [0.05, 0.1) is 6.61 Å². The number of carboxylic acids is 1. The van der Waals surface area contributed by atoms with E-state index in [0.29, 0.717) is 13.0 Å². The Morgan fingerprint density at radius 3 is 3.10 bits per heavy atom. The van der Waals surface area contributed by atoms with Gasteiger partial charge in [-0.1, -0.05) is 11.6 Å². The van der Waals surface area contributed by atoms with Crippen molar-refractivity contribution in [1.29, 1.82) is 0 Å². The fourth-order valence-electron chi connectivity index (χ4n) is 2.79. The van der Waals surface area contributed by atoms with Crippen molar-refractivity contribution in [3.8, 4) is 0 Å². The van der Waals surface area contributed by atoms with E-state index < -0.39 is 5.97 Å². The van der Waals surface area contributed by atoms with Gasteiger partial charge in [0.25, 0.3) is 0 Å². The number of hydrogen-bond acceptors (Lipinski definition) is 4. The van der Waals surface area contributed by atoms with E-state index in [0.717, 1.165) is 37.5 Å². The van der Waals surface area contributed by atoms with Gasteiger partial charge in [-0.3, -0.25) is 4.79 Å². The number of rotatable bonds is 5. The molecule has 1 atom stereocenters. The summed E-state index contributed by atoms with van der Waals surface area (Å²) in [4.78, 5) is 15.5. The first-order chi connectivity index (χ1) is 9.72. The largest absolute Gasteiger partial charge is 0.480 e. The second-order valence-corrected chi connectivity index (χ2v) is 5.43. The molecule has 1 aliphatic heterocycles. The van der Waals surface area contributed by atoms with Gasteiger partial charge in [-0.15, -0.1) is 0 Å². The molecule has 0 aromatic carbocycles. The predicted molar refractivity (Wildman–Crippen MR) is 71.5 cm³/mol. The van der Waals surface area contributed by atoms with Crippen LogP contribution in [0, 0.1) is 0 Å². The molecular formula is C14H19N3O3. The van der Waals surface area contributed by atoms with Crippen LogP contribution in [-0.2, 0) is 22.5 Å². The Bertz CT molecular complexity index is 530. The van der Waals surface area contributed by atoms with Crippen molar-refractivity contribution in [3.05, 3.63) is 23.3 Å². The predicted octanol–water partition coefficient (Wildman–Crippen LogP) is 1.52. The van der Waals surface area contributed by atoms with E-state index in [-0.39, 0.29) is 12.5 Å². The number of hydrogen-bond donors (Lipinski definition) is 1. The van der Waals surface area contributed by atoms with Crippen molar-refractivity contribution >= 4 is 5.97 Å². The van der Waals surface area contributed by atoms with Crippen molar-refractivity contribution in [2.75, 3.05) is 13.2 Å². The summed E-state index contributed by atoms with van der Waals surface area (Å²) in [5, 5.41) is 13.4. The molecule has 1 saturated heterocycles. The molecule has 3 rings (SSSR count). The van der Waals surface area contributed by atoms with Crippen molar-refractivity contribution in [1.82, 2.24) is 14.8 Å². The Balaban J connectivity index is 1.82. The molecule has 1 N–H and O–H groups in total. The van der Waals surface area contributed by atoms with E-state index in [2.05, 4.69) is 16.2 Å². The smallest absolute Gasteiger partial charge is 0.325 e. The van der Waals surface area contributed by atoms with E-state index >= 15 is 0 Å². The van der Waals surface area contributed by atoms with Gasteiger partial charge in [0, 0.05) is 18.9 Å². The van der Waals surface area contributed by atoms with Crippen molar-refractivity contribution < 1.29 is 14.6 Å². The zero-order valence-electron chi connectivity index (χ0n) is 11.4. The van der Waals surface area contributed by atoms with Gasteiger partial charge in [0.2, 0.25) is 0 Å². The highest BCUT2D eigenvalue weighted by Crippen LogP contribution is 2.25. The van der Waals surface area contributed by atoms with E-state index in [1.165, 1.54) is 16.7 Å². The summed E-state index contributed by atoms with van der Waals surface area (Å²) in [6.07, 6.45) is 7.25. The van der Waals surface area contributed by atoms with Crippen LogP contribution in [0.2, 0.25) is 0 Å². The lowest BCUT2D eigenvalue weighted by atomic mass is 10.1. The Morgan fingerprint density at radius 1 is 1.55 bits per heavy atom. The third kappa shape index (κ3) is 2.90. The summed E-state index contributed by atoms with van der Waals surface area (Å²) in [7, 11) is 0. The number of aromatic nitrogens is 3. The average molecular weight is 277 g/mol. The van der Waals surface area contributed by atoms with E-state index in [1.54, 1.807) is 0 Å². The third-order valence-electron chi connectivity index (χ3n) is 3.86. The fourth-order valence-corrected chi connectivity index (χ4v) is 2.79. The first-order valence-corrected chi connectivity index (χ1v) is 7.13. The quantitative estimate of drug-likeness (QED) is 0.826. The molecule has 1 aliphatic carbocycles. The molecule has 6 nitrogen and oxygen atoms in total. The molecule has 0 bridgehead atoms. The minimum Gasteiger partial charge on any atom is -0.480 e. The highest BCUT2D eigenvalue weighted by molar-refractivity contribution is 5.66. The van der Waals surface area contributed by atoms with Crippen LogP contribution in [0.15, 0.2) is 11.6 Å². The molecule has 6 heteroatoms. The standard InChI is InChI=1S/C14H19N3O3/c18-13(19)8-17-12(7-10-3-1-2-4-10)15-14(16-17)11-5-6-20-9-11/h3,11H,1-2,4-9H2,(H,18,19)/t11-/m0/s1. The Hall–Kier alpha value is -1.69. The number of nitrogens with zero attached hydrogens (tertiary/aromatic N) is 3. The number of carboxylic acid groups (broad SMARTS) is 1. The van der Waals surface area contributed by atoms with Gasteiger partial charge in [-0.25, -0.2) is 9.67 Å². The SMILES string of the molecule is O=C(O)Cn1nc([C@H]2CCOC2)nc1CC1=CCCC1. The first kappa shape index (κ1) is 13.3. The summed E-state index contributed by atoms with van der Waals surface area (Å²) in [6.45, 7) is 1.25. The maximum absolute atomic E-state index is 11.0.